The molecule has 0 amide bonds. The number of hydrogen-bond acceptors (Lipinski definition) is 2. The van der Waals surface area contributed by atoms with Crippen molar-refractivity contribution >= 4 is 21.8 Å². The van der Waals surface area contributed by atoms with Crippen molar-refractivity contribution in [1.82, 2.24) is 8.61 Å². The van der Waals surface area contributed by atoms with Crippen molar-refractivity contribution in [1.29, 1.82) is 0 Å². The smallest absolute Gasteiger partial charge is 0.207 e. The van der Waals surface area contributed by atoms with Crippen LogP contribution in [0.1, 0.15) is 39.2 Å². The van der Waals surface area contributed by atoms with Gasteiger partial charge in [0.25, 0.3) is 10.2 Å². The van der Waals surface area contributed by atoms with Gasteiger partial charge in [-0.15, -0.1) is 0 Å². The first kappa shape index (κ1) is 20.4. The molecule has 0 heterocycles. The van der Waals surface area contributed by atoms with E-state index in [-0.39, 0.29) is 17.1 Å². The fourth-order valence-electron chi connectivity index (χ4n) is 2.41. The van der Waals surface area contributed by atoms with Gasteiger partial charge in [-0.1, -0.05) is 51.3 Å². The van der Waals surface area contributed by atoms with Gasteiger partial charge in [-0.05, 0) is 18.1 Å². The van der Waals surface area contributed by atoms with Crippen molar-refractivity contribution in [2.75, 3.05) is 20.1 Å². The molecule has 0 aliphatic heterocycles. The third-order valence-electron chi connectivity index (χ3n) is 4.13. The molecule has 0 aromatic heterocycles. The van der Waals surface area contributed by atoms with Crippen molar-refractivity contribution < 1.29 is 12.8 Å². The maximum absolute atomic E-state index is 13.9. The Morgan fingerprint density at radius 2 is 1.83 bits per heavy atom. The molecule has 0 radical (unpaired) electrons. The normalized spacial score (nSPS) is 12.6. The fraction of sp³-hybridized carbons (Fsp3) is 0.625. The van der Waals surface area contributed by atoms with E-state index in [1.165, 1.54) is 23.5 Å². The SMILES string of the molecule is CCC(CC)CN(CC)S(=O)(=O)N(C)Cc1c(F)cccc1Cl. The molecule has 23 heavy (non-hydrogen) atoms. The first-order valence-corrected chi connectivity index (χ1v) is 9.69. The van der Waals surface area contributed by atoms with E-state index in [0.29, 0.717) is 19.0 Å². The second-order valence-corrected chi connectivity index (χ2v) is 8.04. The van der Waals surface area contributed by atoms with E-state index in [1.54, 1.807) is 6.07 Å². The van der Waals surface area contributed by atoms with Crippen LogP contribution in [0.15, 0.2) is 18.2 Å². The Morgan fingerprint density at radius 3 is 2.30 bits per heavy atom. The Labute approximate surface area is 144 Å². The second kappa shape index (κ2) is 8.97. The van der Waals surface area contributed by atoms with Gasteiger partial charge in [0, 0.05) is 37.3 Å². The highest BCUT2D eigenvalue weighted by Crippen LogP contribution is 2.23. The van der Waals surface area contributed by atoms with E-state index in [9.17, 15) is 12.8 Å². The molecule has 1 rings (SSSR count). The van der Waals surface area contributed by atoms with E-state index in [0.717, 1.165) is 17.1 Å². The molecule has 0 spiro atoms. The van der Waals surface area contributed by atoms with E-state index < -0.39 is 16.0 Å². The molecule has 0 aliphatic rings. The van der Waals surface area contributed by atoms with E-state index in [4.69, 9.17) is 11.6 Å². The summed E-state index contributed by atoms with van der Waals surface area (Å²) >= 11 is 5.99. The van der Waals surface area contributed by atoms with Crippen LogP contribution in [0.5, 0.6) is 0 Å². The topological polar surface area (TPSA) is 40.6 Å². The molecule has 0 aliphatic carbocycles. The molecule has 1 aromatic rings. The third-order valence-corrected chi connectivity index (χ3v) is 6.46. The molecular formula is C16H26ClFN2O2S. The molecular weight excluding hydrogens is 339 g/mol. The van der Waals surface area contributed by atoms with Gasteiger partial charge in [0.2, 0.25) is 0 Å². The van der Waals surface area contributed by atoms with Crippen molar-refractivity contribution in [3.05, 3.63) is 34.6 Å². The largest absolute Gasteiger partial charge is 0.282 e. The molecule has 0 saturated heterocycles. The molecule has 0 saturated carbocycles. The van der Waals surface area contributed by atoms with Crippen molar-refractivity contribution in [2.24, 2.45) is 5.92 Å². The first-order valence-electron chi connectivity index (χ1n) is 7.92. The van der Waals surface area contributed by atoms with Crippen molar-refractivity contribution in [3.63, 3.8) is 0 Å². The van der Waals surface area contributed by atoms with Gasteiger partial charge >= 0.3 is 0 Å². The van der Waals surface area contributed by atoms with Crippen LogP contribution < -0.4 is 0 Å². The van der Waals surface area contributed by atoms with E-state index >= 15 is 0 Å². The van der Waals surface area contributed by atoms with Gasteiger partial charge in [0.15, 0.2) is 0 Å². The first-order chi connectivity index (χ1) is 10.8. The molecule has 7 heteroatoms. The fourth-order valence-corrected chi connectivity index (χ4v) is 4.04. The zero-order chi connectivity index (χ0) is 17.6. The lowest BCUT2D eigenvalue weighted by Crippen LogP contribution is -2.43. The van der Waals surface area contributed by atoms with Gasteiger partial charge in [-0.25, -0.2) is 4.39 Å². The van der Waals surface area contributed by atoms with Crippen LogP contribution >= 0.6 is 11.6 Å². The van der Waals surface area contributed by atoms with Crippen molar-refractivity contribution in [2.45, 2.75) is 40.2 Å². The van der Waals surface area contributed by atoms with Crippen LogP contribution in [0.2, 0.25) is 5.02 Å². The predicted octanol–water partition coefficient (Wildman–Crippen LogP) is 3.91. The summed E-state index contributed by atoms with van der Waals surface area (Å²) in [5, 5.41) is 0.232. The van der Waals surface area contributed by atoms with Crippen LogP contribution in [0.25, 0.3) is 0 Å². The summed E-state index contributed by atoms with van der Waals surface area (Å²) in [6.45, 7) is 6.68. The van der Waals surface area contributed by atoms with Gasteiger partial charge in [0.05, 0.1) is 0 Å². The highest BCUT2D eigenvalue weighted by Gasteiger charge is 2.28. The van der Waals surface area contributed by atoms with Gasteiger partial charge in [-0.2, -0.15) is 17.0 Å². The van der Waals surface area contributed by atoms with E-state index in [1.807, 2.05) is 6.92 Å². The van der Waals surface area contributed by atoms with Crippen LogP contribution in [0.3, 0.4) is 0 Å². The molecule has 132 valence electrons. The Hall–Kier alpha value is -0.690. The molecule has 0 bridgehead atoms. The molecule has 0 fully saturated rings. The number of halogens is 2. The van der Waals surface area contributed by atoms with Gasteiger partial charge < -0.3 is 0 Å². The number of benzene rings is 1. The predicted molar refractivity (Wildman–Crippen MR) is 93.1 cm³/mol. The average Bonchev–Trinajstić information content (AvgIpc) is 2.51. The lowest BCUT2D eigenvalue weighted by molar-refractivity contribution is 0.311. The minimum atomic E-state index is -3.66. The lowest BCUT2D eigenvalue weighted by atomic mass is 10.0. The summed E-state index contributed by atoms with van der Waals surface area (Å²) in [4.78, 5) is 0. The Kier molecular flexibility index (Phi) is 7.94. The molecule has 0 atom stereocenters. The summed E-state index contributed by atoms with van der Waals surface area (Å²) in [7, 11) is -2.20. The summed E-state index contributed by atoms with van der Waals surface area (Å²) < 4.78 is 42.0. The number of hydrogen-bond donors (Lipinski definition) is 0. The molecule has 4 nitrogen and oxygen atoms in total. The average molecular weight is 365 g/mol. The Morgan fingerprint density at radius 1 is 1.22 bits per heavy atom. The summed E-state index contributed by atoms with van der Waals surface area (Å²) in [6, 6.07) is 4.34. The highest BCUT2D eigenvalue weighted by molar-refractivity contribution is 7.86. The Bertz CT molecular complexity index is 586. The van der Waals surface area contributed by atoms with Gasteiger partial charge in [0.1, 0.15) is 5.82 Å². The summed E-state index contributed by atoms with van der Waals surface area (Å²) in [5.41, 5.74) is 0.193. The summed E-state index contributed by atoms with van der Waals surface area (Å²) in [6.07, 6.45) is 1.84. The summed E-state index contributed by atoms with van der Waals surface area (Å²) in [5.74, 6) is -0.183. The standard InChI is InChI=1S/C16H26ClFN2O2S/c1-5-13(6-2)11-20(7-3)23(21,22)19(4)12-14-15(17)9-8-10-16(14)18/h8-10,13H,5-7,11-12H2,1-4H3. The molecule has 1 aromatic carbocycles. The van der Waals surface area contributed by atoms with Crippen LogP contribution in [-0.2, 0) is 16.8 Å². The van der Waals surface area contributed by atoms with Crippen LogP contribution in [0, 0.1) is 11.7 Å². The van der Waals surface area contributed by atoms with Crippen LogP contribution in [-0.4, -0.2) is 37.2 Å². The van der Waals surface area contributed by atoms with Crippen LogP contribution in [0.4, 0.5) is 4.39 Å². The Balaban J connectivity index is 2.97. The highest BCUT2D eigenvalue weighted by atomic mass is 35.5. The minimum absolute atomic E-state index is 0.0900. The number of rotatable bonds is 9. The molecule has 0 N–H and O–H groups in total. The maximum atomic E-state index is 13.9. The van der Waals surface area contributed by atoms with E-state index in [2.05, 4.69) is 13.8 Å². The lowest BCUT2D eigenvalue weighted by Gasteiger charge is -2.29. The monoisotopic (exact) mass is 364 g/mol. The van der Waals surface area contributed by atoms with Crippen molar-refractivity contribution in [3.8, 4) is 0 Å². The third kappa shape index (κ3) is 5.14. The maximum Gasteiger partial charge on any atom is 0.282 e. The zero-order valence-corrected chi connectivity index (χ0v) is 15.8. The van der Waals surface area contributed by atoms with Gasteiger partial charge in [-0.3, -0.25) is 0 Å². The number of nitrogens with zero attached hydrogens (tertiary/aromatic N) is 2. The minimum Gasteiger partial charge on any atom is -0.207 e. The second-order valence-electron chi connectivity index (χ2n) is 5.60. The molecule has 0 unspecified atom stereocenters. The zero-order valence-electron chi connectivity index (χ0n) is 14.2. The quantitative estimate of drug-likeness (QED) is 0.666.